The van der Waals surface area contributed by atoms with Crippen LogP contribution in [0.3, 0.4) is 0 Å². The first-order valence-corrected chi connectivity index (χ1v) is 4.45. The zero-order valence-electron chi connectivity index (χ0n) is 7.56. The second-order valence-electron chi connectivity index (χ2n) is 2.72. The Bertz CT molecular complexity index is 130. The third-order valence-electron chi connectivity index (χ3n) is 1.59. The fourth-order valence-electron chi connectivity index (χ4n) is 0.688. The molecule has 0 rings (SSSR count). The largest absolute Gasteiger partial charge is 0.392 e. The fraction of sp³-hybridized carbons (Fsp3) is 0.800. The van der Waals surface area contributed by atoms with Crippen molar-refractivity contribution in [2.45, 2.75) is 52.1 Å². The third kappa shape index (κ3) is 7.42. The summed E-state index contributed by atoms with van der Waals surface area (Å²) in [5, 5.41) is 9.11. The molecule has 0 fully saturated rings. The summed E-state index contributed by atoms with van der Waals surface area (Å²) in [5.41, 5.74) is 0. The van der Waals surface area contributed by atoms with Crippen LogP contribution in [0.2, 0.25) is 0 Å². The van der Waals surface area contributed by atoms with Gasteiger partial charge in [0.2, 0.25) is 0 Å². The van der Waals surface area contributed by atoms with Gasteiger partial charge in [-0.25, -0.2) is 0 Å². The van der Waals surface area contributed by atoms with Gasteiger partial charge in [0.05, 0.1) is 6.10 Å². The molecule has 0 saturated heterocycles. The number of unbranched alkanes of at least 4 members (excludes halogenated alkanes) is 2. The normalized spacial score (nSPS) is 11.9. The number of aliphatic hydroxyl groups excluding tert-OH is 1. The molecule has 0 saturated carbocycles. The van der Waals surface area contributed by atoms with Crippen molar-refractivity contribution in [2.75, 3.05) is 0 Å². The molecule has 0 radical (unpaired) electrons. The van der Waals surface area contributed by atoms with Crippen LogP contribution in [0, 0.1) is 11.8 Å². The molecule has 0 aromatic heterocycles. The van der Waals surface area contributed by atoms with E-state index in [-0.39, 0.29) is 6.10 Å². The SMILES string of the molecule is CCCCC#CCC(O)CC. The predicted octanol–water partition coefficient (Wildman–Crippen LogP) is 2.34. The Hall–Kier alpha value is -0.480. The predicted molar refractivity (Wildman–Crippen MR) is 48.2 cm³/mol. The monoisotopic (exact) mass is 154 g/mol. The lowest BCUT2D eigenvalue weighted by molar-refractivity contribution is 0.176. The average molecular weight is 154 g/mol. The molecule has 1 nitrogen and oxygen atoms in total. The van der Waals surface area contributed by atoms with Gasteiger partial charge in [0.1, 0.15) is 0 Å². The quantitative estimate of drug-likeness (QED) is 0.487. The smallest absolute Gasteiger partial charge is 0.0646 e. The summed E-state index contributed by atoms with van der Waals surface area (Å²) >= 11 is 0. The van der Waals surface area contributed by atoms with Crippen LogP contribution in [0.1, 0.15) is 46.0 Å². The highest BCUT2D eigenvalue weighted by Gasteiger charge is 1.94. The zero-order valence-corrected chi connectivity index (χ0v) is 7.56. The lowest BCUT2D eigenvalue weighted by Gasteiger charge is -1.98. The minimum absolute atomic E-state index is 0.218. The van der Waals surface area contributed by atoms with Crippen LogP contribution in [0.15, 0.2) is 0 Å². The van der Waals surface area contributed by atoms with Crippen LogP contribution in [0.5, 0.6) is 0 Å². The molecular weight excluding hydrogens is 136 g/mol. The summed E-state index contributed by atoms with van der Waals surface area (Å²) in [5.74, 6) is 6.01. The third-order valence-corrected chi connectivity index (χ3v) is 1.59. The van der Waals surface area contributed by atoms with E-state index in [0.29, 0.717) is 6.42 Å². The van der Waals surface area contributed by atoms with Gasteiger partial charge in [-0.05, 0) is 12.8 Å². The van der Waals surface area contributed by atoms with E-state index in [4.69, 9.17) is 5.11 Å². The van der Waals surface area contributed by atoms with Gasteiger partial charge in [0.25, 0.3) is 0 Å². The standard InChI is InChI=1S/C10H18O/c1-3-5-6-7-8-9-10(11)4-2/h10-11H,3-6,9H2,1-2H3. The molecule has 0 aliphatic carbocycles. The van der Waals surface area contributed by atoms with E-state index in [0.717, 1.165) is 12.8 Å². The molecule has 0 heterocycles. The van der Waals surface area contributed by atoms with E-state index < -0.39 is 0 Å². The van der Waals surface area contributed by atoms with Gasteiger partial charge >= 0.3 is 0 Å². The first-order chi connectivity index (χ1) is 5.31. The first kappa shape index (κ1) is 10.5. The number of hydrogen-bond donors (Lipinski definition) is 1. The highest BCUT2D eigenvalue weighted by Crippen LogP contribution is 1.95. The summed E-state index contributed by atoms with van der Waals surface area (Å²) in [6.45, 7) is 4.13. The summed E-state index contributed by atoms with van der Waals surface area (Å²) in [4.78, 5) is 0. The minimum Gasteiger partial charge on any atom is -0.392 e. The lowest BCUT2D eigenvalue weighted by Crippen LogP contribution is -2.01. The Kier molecular flexibility index (Phi) is 7.29. The molecule has 0 aliphatic heterocycles. The first-order valence-electron chi connectivity index (χ1n) is 4.45. The lowest BCUT2D eigenvalue weighted by atomic mass is 10.2. The Morgan fingerprint density at radius 3 is 2.55 bits per heavy atom. The Morgan fingerprint density at radius 1 is 1.27 bits per heavy atom. The van der Waals surface area contributed by atoms with E-state index in [2.05, 4.69) is 18.8 Å². The Labute approximate surface area is 69.8 Å². The maximum Gasteiger partial charge on any atom is 0.0646 e. The van der Waals surface area contributed by atoms with E-state index >= 15 is 0 Å². The van der Waals surface area contributed by atoms with Gasteiger partial charge in [0, 0.05) is 12.8 Å². The molecule has 0 aliphatic rings. The van der Waals surface area contributed by atoms with Gasteiger partial charge in [-0.3, -0.25) is 0 Å². The molecule has 1 unspecified atom stereocenters. The second kappa shape index (κ2) is 7.63. The van der Waals surface area contributed by atoms with Crippen molar-refractivity contribution in [1.29, 1.82) is 0 Å². The Morgan fingerprint density at radius 2 is 2.00 bits per heavy atom. The van der Waals surface area contributed by atoms with Crippen LogP contribution < -0.4 is 0 Å². The van der Waals surface area contributed by atoms with Crippen molar-refractivity contribution in [1.82, 2.24) is 0 Å². The molecule has 1 heteroatoms. The zero-order chi connectivity index (χ0) is 8.53. The van der Waals surface area contributed by atoms with Crippen molar-refractivity contribution in [2.24, 2.45) is 0 Å². The molecule has 64 valence electrons. The van der Waals surface area contributed by atoms with Crippen molar-refractivity contribution in [3.8, 4) is 11.8 Å². The van der Waals surface area contributed by atoms with Crippen molar-refractivity contribution in [3.05, 3.63) is 0 Å². The van der Waals surface area contributed by atoms with Crippen LogP contribution in [0.4, 0.5) is 0 Å². The highest BCUT2D eigenvalue weighted by molar-refractivity contribution is 4.99. The second-order valence-corrected chi connectivity index (χ2v) is 2.72. The van der Waals surface area contributed by atoms with Gasteiger partial charge in [0.15, 0.2) is 0 Å². The molecular formula is C10H18O. The van der Waals surface area contributed by atoms with Gasteiger partial charge < -0.3 is 5.11 Å². The Balaban J connectivity index is 3.24. The number of rotatable bonds is 4. The number of aliphatic hydroxyl groups is 1. The molecule has 0 aromatic carbocycles. The maximum atomic E-state index is 9.11. The van der Waals surface area contributed by atoms with Crippen LogP contribution >= 0.6 is 0 Å². The van der Waals surface area contributed by atoms with E-state index in [9.17, 15) is 0 Å². The van der Waals surface area contributed by atoms with E-state index in [1.54, 1.807) is 0 Å². The molecule has 0 amide bonds. The minimum atomic E-state index is -0.218. The molecule has 1 N–H and O–H groups in total. The van der Waals surface area contributed by atoms with Gasteiger partial charge in [-0.2, -0.15) is 0 Å². The summed E-state index contributed by atoms with van der Waals surface area (Å²) in [6.07, 6.45) is 4.58. The van der Waals surface area contributed by atoms with Gasteiger partial charge in [-0.1, -0.05) is 20.3 Å². The average Bonchev–Trinajstić information content (AvgIpc) is 2.04. The summed E-state index contributed by atoms with van der Waals surface area (Å²) < 4.78 is 0. The topological polar surface area (TPSA) is 20.2 Å². The van der Waals surface area contributed by atoms with E-state index in [1.165, 1.54) is 12.8 Å². The highest BCUT2D eigenvalue weighted by atomic mass is 16.3. The maximum absolute atomic E-state index is 9.11. The van der Waals surface area contributed by atoms with E-state index in [1.807, 2.05) is 6.92 Å². The van der Waals surface area contributed by atoms with Crippen LogP contribution in [0.25, 0.3) is 0 Å². The van der Waals surface area contributed by atoms with Crippen molar-refractivity contribution in [3.63, 3.8) is 0 Å². The van der Waals surface area contributed by atoms with Crippen LogP contribution in [-0.2, 0) is 0 Å². The molecule has 0 aromatic rings. The molecule has 1 atom stereocenters. The van der Waals surface area contributed by atoms with Crippen molar-refractivity contribution >= 4 is 0 Å². The molecule has 0 spiro atoms. The van der Waals surface area contributed by atoms with Gasteiger partial charge in [-0.15, -0.1) is 11.8 Å². The molecule has 11 heavy (non-hydrogen) atoms. The summed E-state index contributed by atoms with van der Waals surface area (Å²) in [7, 11) is 0. The van der Waals surface area contributed by atoms with Crippen molar-refractivity contribution < 1.29 is 5.11 Å². The molecule has 0 bridgehead atoms. The van der Waals surface area contributed by atoms with Crippen LogP contribution in [-0.4, -0.2) is 11.2 Å². The fourth-order valence-corrected chi connectivity index (χ4v) is 0.688. The summed E-state index contributed by atoms with van der Waals surface area (Å²) in [6, 6.07) is 0. The number of hydrogen-bond acceptors (Lipinski definition) is 1.